The minimum absolute atomic E-state index is 0.0950. The van der Waals surface area contributed by atoms with Gasteiger partial charge in [0.2, 0.25) is 0 Å². The van der Waals surface area contributed by atoms with Crippen molar-refractivity contribution in [3.8, 4) is 11.5 Å². The molecule has 0 aromatic heterocycles. The van der Waals surface area contributed by atoms with Crippen LogP contribution in [0.4, 0.5) is 0 Å². The van der Waals surface area contributed by atoms with E-state index >= 15 is 0 Å². The van der Waals surface area contributed by atoms with Gasteiger partial charge < -0.3 is 14.6 Å². The zero-order valence-electron chi connectivity index (χ0n) is 17.1. The van der Waals surface area contributed by atoms with E-state index < -0.39 is 0 Å². The highest BCUT2D eigenvalue weighted by Crippen LogP contribution is 2.42. The number of aliphatic imine (C=N–C) groups is 1. The lowest BCUT2D eigenvalue weighted by Gasteiger charge is -2.39. The van der Waals surface area contributed by atoms with E-state index in [9.17, 15) is 5.11 Å². The normalized spacial score (nSPS) is 20.2. The second-order valence-electron chi connectivity index (χ2n) is 8.09. The molecule has 3 rings (SSSR count). The molecule has 1 fully saturated rings. The molecule has 2 atom stereocenters. The molecule has 4 nitrogen and oxygen atoms in total. The molecule has 0 spiro atoms. The van der Waals surface area contributed by atoms with E-state index in [1.165, 1.54) is 5.56 Å². The van der Waals surface area contributed by atoms with E-state index in [4.69, 9.17) is 9.47 Å². The molecule has 4 heteroatoms. The van der Waals surface area contributed by atoms with Crippen LogP contribution in [0.25, 0.3) is 0 Å². The molecule has 150 valence electrons. The number of rotatable bonds is 7. The second kappa shape index (κ2) is 9.24. The number of ether oxygens (including phenoxy) is 2. The van der Waals surface area contributed by atoms with E-state index in [-0.39, 0.29) is 11.4 Å². The first-order chi connectivity index (χ1) is 13.5. The molecular weight excluding hydrogens is 350 g/mol. The van der Waals surface area contributed by atoms with Crippen LogP contribution >= 0.6 is 0 Å². The molecule has 0 amide bonds. The van der Waals surface area contributed by atoms with Crippen molar-refractivity contribution in [1.82, 2.24) is 0 Å². The molecule has 1 aliphatic heterocycles. The zero-order valence-corrected chi connectivity index (χ0v) is 17.1. The second-order valence-corrected chi connectivity index (χ2v) is 8.09. The number of benzene rings is 2. The standard InChI is InChI=1S/C24H31NO3/c1-24(2)16-18(13-15-28-24)20(21-9-5-7-11-23(21)27-3)12-14-25-17-19-8-4-6-10-22(19)26/h4-11,17-18,20,26H,12-16H2,1-3H3/t18-,20-/m0/s1. The first-order valence-electron chi connectivity index (χ1n) is 10.0. The highest BCUT2D eigenvalue weighted by molar-refractivity contribution is 5.83. The van der Waals surface area contributed by atoms with Gasteiger partial charge in [0.15, 0.2) is 0 Å². The maximum absolute atomic E-state index is 9.91. The third-order valence-electron chi connectivity index (χ3n) is 5.58. The zero-order chi connectivity index (χ0) is 20.0. The van der Waals surface area contributed by atoms with Gasteiger partial charge in [0, 0.05) is 24.9 Å². The van der Waals surface area contributed by atoms with E-state index in [1.54, 1.807) is 19.4 Å². The molecule has 0 bridgehead atoms. The predicted octanol–water partition coefficient (Wildman–Crippen LogP) is 5.20. The van der Waals surface area contributed by atoms with Crippen LogP contribution in [0.2, 0.25) is 0 Å². The average molecular weight is 382 g/mol. The Morgan fingerprint density at radius 2 is 1.96 bits per heavy atom. The van der Waals surface area contributed by atoms with Crippen LogP contribution in [-0.2, 0) is 4.74 Å². The van der Waals surface area contributed by atoms with Crippen molar-refractivity contribution in [2.24, 2.45) is 10.9 Å². The lowest BCUT2D eigenvalue weighted by Crippen LogP contribution is -2.36. The Balaban J connectivity index is 1.77. The summed E-state index contributed by atoms with van der Waals surface area (Å²) >= 11 is 0. The monoisotopic (exact) mass is 381 g/mol. The van der Waals surface area contributed by atoms with Gasteiger partial charge in [-0.3, -0.25) is 4.99 Å². The summed E-state index contributed by atoms with van der Waals surface area (Å²) in [5, 5.41) is 9.91. The summed E-state index contributed by atoms with van der Waals surface area (Å²) in [6, 6.07) is 15.6. The fraction of sp³-hybridized carbons (Fsp3) is 0.458. The van der Waals surface area contributed by atoms with E-state index in [0.717, 1.165) is 37.2 Å². The fourth-order valence-electron chi connectivity index (χ4n) is 4.21. The van der Waals surface area contributed by atoms with Crippen molar-refractivity contribution in [1.29, 1.82) is 0 Å². The Labute approximate surface area is 168 Å². The Hall–Kier alpha value is -2.33. The number of methoxy groups -OCH3 is 1. The molecule has 2 aromatic rings. The number of hydrogen-bond donors (Lipinski definition) is 1. The Morgan fingerprint density at radius 3 is 2.71 bits per heavy atom. The van der Waals surface area contributed by atoms with Gasteiger partial charge in [0.1, 0.15) is 11.5 Å². The van der Waals surface area contributed by atoms with E-state index in [0.29, 0.717) is 18.4 Å². The topological polar surface area (TPSA) is 51.0 Å². The lowest BCUT2D eigenvalue weighted by atomic mass is 9.75. The molecule has 28 heavy (non-hydrogen) atoms. The van der Waals surface area contributed by atoms with Crippen molar-refractivity contribution < 1.29 is 14.6 Å². The third-order valence-corrected chi connectivity index (χ3v) is 5.58. The maximum Gasteiger partial charge on any atom is 0.124 e. The molecule has 0 unspecified atom stereocenters. The van der Waals surface area contributed by atoms with Gasteiger partial charge in [0.05, 0.1) is 12.7 Å². The predicted molar refractivity (Wildman–Crippen MR) is 114 cm³/mol. The quantitative estimate of drug-likeness (QED) is 0.671. The molecule has 0 aliphatic carbocycles. The van der Waals surface area contributed by atoms with Crippen molar-refractivity contribution in [2.75, 3.05) is 20.3 Å². The van der Waals surface area contributed by atoms with Gasteiger partial charge in [-0.15, -0.1) is 0 Å². The summed E-state index contributed by atoms with van der Waals surface area (Å²) in [4.78, 5) is 4.60. The summed E-state index contributed by atoms with van der Waals surface area (Å²) in [6.07, 6.45) is 4.78. The molecular formula is C24H31NO3. The Bertz CT molecular complexity index is 800. The molecule has 0 saturated carbocycles. The number of phenolic OH excluding ortho intramolecular Hbond substituents is 1. The van der Waals surface area contributed by atoms with E-state index in [2.05, 4.69) is 31.0 Å². The first-order valence-corrected chi connectivity index (χ1v) is 10.0. The van der Waals surface area contributed by atoms with Crippen molar-refractivity contribution in [3.05, 3.63) is 59.7 Å². The van der Waals surface area contributed by atoms with Gasteiger partial charge in [-0.1, -0.05) is 30.3 Å². The molecule has 0 radical (unpaired) electrons. The Kier molecular flexibility index (Phi) is 6.74. The maximum atomic E-state index is 9.91. The number of aromatic hydroxyl groups is 1. The lowest BCUT2D eigenvalue weighted by molar-refractivity contribution is -0.0771. The first kappa shape index (κ1) is 20.4. The van der Waals surface area contributed by atoms with Crippen molar-refractivity contribution in [3.63, 3.8) is 0 Å². The summed E-state index contributed by atoms with van der Waals surface area (Å²) in [5.41, 5.74) is 1.91. The number of para-hydroxylation sites is 2. The van der Waals surface area contributed by atoms with Crippen LogP contribution in [0, 0.1) is 5.92 Å². The largest absolute Gasteiger partial charge is 0.507 e. The molecule has 1 aliphatic rings. The van der Waals surface area contributed by atoms with Crippen LogP contribution in [0.1, 0.15) is 50.2 Å². The van der Waals surface area contributed by atoms with Crippen LogP contribution in [-0.4, -0.2) is 37.2 Å². The van der Waals surface area contributed by atoms with Crippen LogP contribution in [0.15, 0.2) is 53.5 Å². The van der Waals surface area contributed by atoms with Crippen LogP contribution < -0.4 is 4.74 Å². The smallest absolute Gasteiger partial charge is 0.124 e. The summed E-state index contributed by atoms with van der Waals surface area (Å²) in [7, 11) is 1.74. The summed E-state index contributed by atoms with van der Waals surface area (Å²) in [5.74, 6) is 2.10. The minimum atomic E-state index is -0.0950. The van der Waals surface area contributed by atoms with Gasteiger partial charge in [-0.05, 0) is 68.7 Å². The van der Waals surface area contributed by atoms with Gasteiger partial charge in [0.25, 0.3) is 0 Å². The van der Waals surface area contributed by atoms with E-state index in [1.807, 2.05) is 30.3 Å². The third kappa shape index (κ3) is 5.14. The average Bonchev–Trinajstić information content (AvgIpc) is 2.68. The van der Waals surface area contributed by atoms with Gasteiger partial charge in [-0.25, -0.2) is 0 Å². The SMILES string of the molecule is COc1ccccc1[C@@H](CCN=Cc1ccccc1O)[C@H]1CCOC(C)(C)C1. The number of nitrogens with zero attached hydrogens (tertiary/aromatic N) is 1. The van der Waals surface area contributed by atoms with Crippen molar-refractivity contribution in [2.45, 2.75) is 44.6 Å². The van der Waals surface area contributed by atoms with Gasteiger partial charge in [-0.2, -0.15) is 0 Å². The van der Waals surface area contributed by atoms with Crippen molar-refractivity contribution >= 4 is 6.21 Å². The van der Waals surface area contributed by atoms with Crippen LogP contribution in [0.5, 0.6) is 11.5 Å². The highest BCUT2D eigenvalue weighted by Gasteiger charge is 2.34. The number of phenols is 1. The molecule has 1 N–H and O–H groups in total. The minimum Gasteiger partial charge on any atom is -0.507 e. The molecule has 1 heterocycles. The van der Waals surface area contributed by atoms with Gasteiger partial charge >= 0.3 is 0 Å². The molecule has 1 saturated heterocycles. The Morgan fingerprint density at radius 1 is 1.21 bits per heavy atom. The summed E-state index contributed by atoms with van der Waals surface area (Å²) < 4.78 is 11.6. The number of hydrogen-bond acceptors (Lipinski definition) is 4. The fourth-order valence-corrected chi connectivity index (χ4v) is 4.21. The summed E-state index contributed by atoms with van der Waals surface area (Å²) in [6.45, 7) is 5.85. The highest BCUT2D eigenvalue weighted by atomic mass is 16.5. The molecule has 2 aromatic carbocycles. The van der Waals surface area contributed by atoms with Crippen LogP contribution in [0.3, 0.4) is 0 Å².